The van der Waals surface area contributed by atoms with E-state index in [1.54, 1.807) is 22.6 Å². The molecule has 0 saturated heterocycles. The Hall–Kier alpha value is -1.95. The van der Waals surface area contributed by atoms with E-state index in [0.717, 1.165) is 23.1 Å². The van der Waals surface area contributed by atoms with Crippen LogP contribution in [0.25, 0.3) is 16.4 Å². The fourth-order valence-electron chi connectivity index (χ4n) is 2.25. The largest absolute Gasteiger partial charge is 0.312 e. The molecule has 108 valence electrons. The molecular formula is C15H17N4OS+. The molecule has 0 bridgehead atoms. The van der Waals surface area contributed by atoms with Crippen LogP contribution in [-0.2, 0) is 0 Å². The van der Waals surface area contributed by atoms with Crippen LogP contribution in [0.5, 0.6) is 0 Å². The molecule has 0 amide bonds. The molecule has 0 unspecified atom stereocenters. The monoisotopic (exact) mass is 301 g/mol. The van der Waals surface area contributed by atoms with Crippen LogP contribution in [-0.4, -0.2) is 20.8 Å². The van der Waals surface area contributed by atoms with Crippen molar-refractivity contribution >= 4 is 28.2 Å². The van der Waals surface area contributed by atoms with E-state index in [0.29, 0.717) is 10.7 Å². The molecule has 0 spiro atoms. The van der Waals surface area contributed by atoms with Crippen molar-refractivity contribution in [1.29, 1.82) is 0 Å². The summed E-state index contributed by atoms with van der Waals surface area (Å²) in [5, 5.41) is 5.91. The Morgan fingerprint density at radius 1 is 1.29 bits per heavy atom. The van der Waals surface area contributed by atoms with Gasteiger partial charge in [0.15, 0.2) is 5.52 Å². The number of para-hydroxylation sites is 1. The Bertz CT molecular complexity index is 831. The minimum atomic E-state index is -0.124. The van der Waals surface area contributed by atoms with Gasteiger partial charge in [-0.05, 0) is 23.5 Å². The Morgan fingerprint density at radius 3 is 3.00 bits per heavy atom. The van der Waals surface area contributed by atoms with Crippen molar-refractivity contribution in [3.05, 3.63) is 40.9 Å². The third kappa shape index (κ3) is 2.90. The number of hydrogen-bond acceptors (Lipinski definition) is 4. The van der Waals surface area contributed by atoms with Gasteiger partial charge in [0.05, 0.1) is 5.39 Å². The van der Waals surface area contributed by atoms with Crippen LogP contribution in [0.2, 0.25) is 0 Å². The van der Waals surface area contributed by atoms with Crippen LogP contribution in [0.4, 0.5) is 0 Å². The molecule has 0 saturated carbocycles. The lowest BCUT2D eigenvalue weighted by Gasteiger charge is -2.00. The fourth-order valence-corrected chi connectivity index (χ4v) is 3.10. The summed E-state index contributed by atoms with van der Waals surface area (Å²) in [6.45, 7) is 2.17. The van der Waals surface area contributed by atoms with E-state index >= 15 is 0 Å². The summed E-state index contributed by atoms with van der Waals surface area (Å²) in [5.41, 5.74) is 1.22. The molecule has 21 heavy (non-hydrogen) atoms. The molecule has 0 atom stereocenters. The smallest absolute Gasteiger partial charge is 0.295 e. The number of hydrogen-bond donors (Lipinski definition) is 1. The van der Waals surface area contributed by atoms with Crippen LogP contribution in [0.15, 0.2) is 40.5 Å². The SMILES string of the molecule is CCCCCSc1n[n+]2cnc3ccccc3c2c(=O)[nH]1. The number of thioether (sulfide) groups is 1. The van der Waals surface area contributed by atoms with E-state index < -0.39 is 0 Å². The minimum Gasteiger partial charge on any atom is -0.295 e. The van der Waals surface area contributed by atoms with Gasteiger partial charge in [0.2, 0.25) is 10.7 Å². The molecule has 0 radical (unpaired) electrons. The number of aromatic nitrogens is 4. The number of H-pyrrole nitrogens is 1. The number of aromatic amines is 1. The highest BCUT2D eigenvalue weighted by Crippen LogP contribution is 2.14. The number of nitrogens with one attached hydrogen (secondary N) is 1. The van der Waals surface area contributed by atoms with Crippen LogP contribution in [0.1, 0.15) is 26.2 Å². The number of rotatable bonds is 5. The number of fused-ring (bicyclic) bond motifs is 3. The minimum absolute atomic E-state index is 0.124. The average Bonchev–Trinajstić information content (AvgIpc) is 2.51. The summed E-state index contributed by atoms with van der Waals surface area (Å²) in [5.74, 6) is 0.962. The van der Waals surface area contributed by atoms with Crippen LogP contribution in [0, 0.1) is 0 Å². The van der Waals surface area contributed by atoms with Gasteiger partial charge in [-0.2, -0.15) is 0 Å². The van der Waals surface area contributed by atoms with E-state index in [2.05, 4.69) is 22.0 Å². The Balaban J connectivity index is 2.01. The molecule has 0 aliphatic heterocycles. The normalized spacial score (nSPS) is 11.3. The third-order valence-corrected chi connectivity index (χ3v) is 4.27. The Kier molecular flexibility index (Phi) is 4.15. The van der Waals surface area contributed by atoms with Crippen molar-refractivity contribution < 1.29 is 4.52 Å². The summed E-state index contributed by atoms with van der Waals surface area (Å²) in [6, 6.07) is 7.59. The first-order valence-corrected chi connectivity index (χ1v) is 8.10. The molecule has 1 aromatic carbocycles. The van der Waals surface area contributed by atoms with Crippen LogP contribution in [0.3, 0.4) is 0 Å². The van der Waals surface area contributed by atoms with E-state index in [9.17, 15) is 4.79 Å². The molecule has 0 fully saturated rings. The van der Waals surface area contributed by atoms with Gasteiger partial charge >= 0.3 is 11.9 Å². The second kappa shape index (κ2) is 6.22. The van der Waals surface area contributed by atoms with Gasteiger partial charge in [-0.1, -0.05) is 53.3 Å². The van der Waals surface area contributed by atoms with Crippen LogP contribution < -0.4 is 10.1 Å². The van der Waals surface area contributed by atoms with Gasteiger partial charge in [0.1, 0.15) is 0 Å². The zero-order chi connectivity index (χ0) is 14.7. The highest BCUT2D eigenvalue weighted by molar-refractivity contribution is 7.99. The Labute approximate surface area is 126 Å². The first-order valence-electron chi connectivity index (χ1n) is 7.12. The van der Waals surface area contributed by atoms with Gasteiger partial charge in [-0.3, -0.25) is 9.78 Å². The molecule has 0 aliphatic rings. The maximum atomic E-state index is 12.3. The molecule has 2 aromatic heterocycles. The number of benzene rings is 1. The van der Waals surface area contributed by atoms with Crippen molar-refractivity contribution in [3.63, 3.8) is 0 Å². The van der Waals surface area contributed by atoms with Crippen LogP contribution >= 0.6 is 11.8 Å². The maximum absolute atomic E-state index is 12.3. The lowest BCUT2D eigenvalue weighted by molar-refractivity contribution is -0.589. The van der Waals surface area contributed by atoms with Crippen molar-refractivity contribution in [2.24, 2.45) is 0 Å². The summed E-state index contributed by atoms with van der Waals surface area (Å²) < 4.78 is 1.57. The highest BCUT2D eigenvalue weighted by atomic mass is 32.2. The van der Waals surface area contributed by atoms with Crippen molar-refractivity contribution in [1.82, 2.24) is 15.1 Å². The van der Waals surface area contributed by atoms with Crippen molar-refractivity contribution in [2.45, 2.75) is 31.3 Å². The van der Waals surface area contributed by atoms with Crippen molar-refractivity contribution in [3.8, 4) is 0 Å². The quantitative estimate of drug-likeness (QED) is 0.340. The lowest BCUT2D eigenvalue weighted by Crippen LogP contribution is -2.35. The first-order chi connectivity index (χ1) is 10.3. The highest BCUT2D eigenvalue weighted by Gasteiger charge is 2.14. The topological polar surface area (TPSA) is 62.7 Å². The summed E-state index contributed by atoms with van der Waals surface area (Å²) >= 11 is 1.58. The summed E-state index contributed by atoms with van der Waals surface area (Å²) in [6.07, 6.45) is 5.11. The van der Waals surface area contributed by atoms with E-state index in [1.165, 1.54) is 12.8 Å². The predicted octanol–water partition coefficient (Wildman–Crippen LogP) is 2.34. The zero-order valence-electron chi connectivity index (χ0n) is 11.9. The van der Waals surface area contributed by atoms with Gasteiger partial charge < -0.3 is 0 Å². The van der Waals surface area contributed by atoms with Gasteiger partial charge in [-0.25, -0.2) is 0 Å². The third-order valence-electron chi connectivity index (χ3n) is 3.32. The first kappa shape index (κ1) is 14.0. The Morgan fingerprint density at radius 2 is 2.14 bits per heavy atom. The summed E-state index contributed by atoms with van der Waals surface area (Å²) in [4.78, 5) is 19.6. The van der Waals surface area contributed by atoms with Gasteiger partial charge in [0, 0.05) is 5.75 Å². The second-order valence-electron chi connectivity index (χ2n) is 4.87. The molecule has 2 heterocycles. The van der Waals surface area contributed by atoms with E-state index in [1.807, 2.05) is 24.3 Å². The maximum Gasteiger partial charge on any atom is 0.312 e. The van der Waals surface area contributed by atoms with Crippen molar-refractivity contribution in [2.75, 3.05) is 5.75 Å². The standard InChI is InChI=1S/C15H16N4OS/c1-2-3-6-9-21-15-17-14(20)13-11-7-4-5-8-12(11)16-10-19(13)18-15/h4-5,7-8,10H,2-3,6,9H2,1H3/p+1. The second-order valence-corrected chi connectivity index (χ2v) is 5.95. The molecule has 1 N–H and O–H groups in total. The number of unbranched alkanes of at least 4 members (excludes halogenated alkanes) is 2. The van der Waals surface area contributed by atoms with E-state index in [-0.39, 0.29) is 5.56 Å². The van der Waals surface area contributed by atoms with Gasteiger partial charge in [0.25, 0.3) is 0 Å². The average molecular weight is 301 g/mol. The molecule has 0 aliphatic carbocycles. The molecule has 5 nitrogen and oxygen atoms in total. The lowest BCUT2D eigenvalue weighted by atomic mass is 10.2. The molecule has 3 aromatic rings. The molecular weight excluding hydrogens is 284 g/mol. The fraction of sp³-hybridized carbons (Fsp3) is 0.333. The molecule has 3 rings (SSSR count). The predicted molar refractivity (Wildman–Crippen MR) is 83.6 cm³/mol. The van der Waals surface area contributed by atoms with E-state index in [4.69, 9.17) is 0 Å². The molecule has 6 heteroatoms. The summed E-state index contributed by atoms with van der Waals surface area (Å²) in [7, 11) is 0. The van der Waals surface area contributed by atoms with Gasteiger partial charge in [-0.15, -0.1) is 0 Å². The number of nitrogens with zero attached hydrogens (tertiary/aromatic N) is 3. The zero-order valence-corrected chi connectivity index (χ0v) is 12.7.